The Balaban J connectivity index is 1.17. The summed E-state index contributed by atoms with van der Waals surface area (Å²) >= 11 is 6.28. The van der Waals surface area contributed by atoms with E-state index in [-0.39, 0.29) is 37.3 Å². The Morgan fingerprint density at radius 2 is 1.83 bits per heavy atom. The molecule has 2 aliphatic heterocycles. The first-order valence-corrected chi connectivity index (χ1v) is 12.6. The fourth-order valence-corrected chi connectivity index (χ4v) is 6.60. The zero-order valence-corrected chi connectivity index (χ0v) is 20.5. The molecule has 188 valence electrons. The van der Waals surface area contributed by atoms with E-state index >= 15 is 0 Å². The molecule has 0 radical (unpaired) electrons. The maximum absolute atomic E-state index is 14.0. The number of anilines is 1. The van der Waals surface area contributed by atoms with Gasteiger partial charge in [-0.3, -0.25) is 9.47 Å². The lowest BCUT2D eigenvalue weighted by Crippen LogP contribution is -2.62. The number of alkyl halides is 3. The number of halogens is 4. The molecule has 36 heavy (non-hydrogen) atoms. The number of nitrogens with zero attached hydrogens (tertiary/aromatic N) is 7. The van der Waals surface area contributed by atoms with E-state index in [9.17, 15) is 13.2 Å². The first kappa shape index (κ1) is 22.5. The van der Waals surface area contributed by atoms with E-state index in [1.165, 1.54) is 4.90 Å². The Hall–Kier alpha value is -2.72. The Morgan fingerprint density at radius 3 is 2.53 bits per heavy atom. The molecule has 0 N–H and O–H groups in total. The predicted octanol–water partition coefficient (Wildman–Crippen LogP) is 4.81. The minimum atomic E-state index is -4.29. The average Bonchev–Trinajstić information content (AvgIpc) is 3.51. The smallest absolute Gasteiger partial charge is 0.340 e. The van der Waals surface area contributed by atoms with Crippen molar-refractivity contribution in [3.05, 3.63) is 58.4 Å². The Morgan fingerprint density at radius 1 is 1.06 bits per heavy atom. The maximum atomic E-state index is 14.0. The van der Waals surface area contributed by atoms with Crippen LogP contribution in [-0.4, -0.2) is 54.4 Å². The highest BCUT2D eigenvalue weighted by Crippen LogP contribution is 2.57. The molecule has 2 aliphatic carbocycles. The van der Waals surface area contributed by atoms with Crippen molar-refractivity contribution in [2.75, 3.05) is 18.0 Å². The van der Waals surface area contributed by atoms with Crippen molar-refractivity contribution in [2.24, 2.45) is 5.41 Å². The van der Waals surface area contributed by atoms with E-state index in [0.29, 0.717) is 10.8 Å². The standard InChI is InChI=1S/C25H25ClF3N7/c1-15-4-7-30-22(31-15)34-13-23(14-34)9-17(10-23)21-33-32-20-12-35(24(5-6-24)25(27,28)29)11-16-8-18(26)2-3-19(16)36(20)21/h2-4,7-8,17H,5-6,9-14H2,1H3. The predicted molar refractivity (Wildman–Crippen MR) is 127 cm³/mol. The number of rotatable bonds is 3. The van der Waals surface area contributed by atoms with Gasteiger partial charge in [-0.1, -0.05) is 11.6 Å². The van der Waals surface area contributed by atoms with Gasteiger partial charge in [0.05, 0.1) is 12.2 Å². The summed E-state index contributed by atoms with van der Waals surface area (Å²) in [6.07, 6.45) is -0.352. The molecule has 0 bridgehead atoms. The normalized spacial score (nSPS) is 22.4. The molecule has 2 aromatic heterocycles. The molecular formula is C25H25ClF3N7. The van der Waals surface area contributed by atoms with Crippen LogP contribution in [0.2, 0.25) is 5.02 Å². The van der Waals surface area contributed by atoms with Gasteiger partial charge in [0.15, 0.2) is 5.82 Å². The average molecular weight is 516 g/mol. The van der Waals surface area contributed by atoms with Crippen molar-refractivity contribution in [1.29, 1.82) is 0 Å². The van der Waals surface area contributed by atoms with Gasteiger partial charge >= 0.3 is 6.18 Å². The van der Waals surface area contributed by atoms with Crippen LogP contribution in [0.5, 0.6) is 0 Å². The summed E-state index contributed by atoms with van der Waals surface area (Å²) in [6, 6.07) is 7.35. The molecule has 4 aliphatic rings. The highest BCUT2D eigenvalue weighted by Gasteiger charge is 2.67. The third-order valence-corrected chi connectivity index (χ3v) is 8.66. The Labute approximate surface area is 211 Å². The molecule has 4 heterocycles. The van der Waals surface area contributed by atoms with Crippen molar-refractivity contribution in [1.82, 2.24) is 29.6 Å². The molecule has 2 saturated carbocycles. The van der Waals surface area contributed by atoms with E-state index in [1.54, 1.807) is 18.3 Å². The highest BCUT2D eigenvalue weighted by molar-refractivity contribution is 6.30. The summed E-state index contributed by atoms with van der Waals surface area (Å²) in [4.78, 5) is 12.7. The molecular weight excluding hydrogens is 491 g/mol. The van der Waals surface area contributed by atoms with Crippen molar-refractivity contribution in [3.63, 3.8) is 0 Å². The van der Waals surface area contributed by atoms with Gasteiger partial charge in [-0.15, -0.1) is 10.2 Å². The zero-order chi connectivity index (χ0) is 24.9. The van der Waals surface area contributed by atoms with Crippen LogP contribution in [0.15, 0.2) is 30.5 Å². The van der Waals surface area contributed by atoms with Crippen molar-refractivity contribution in [3.8, 4) is 5.69 Å². The molecule has 0 amide bonds. The number of hydrogen-bond donors (Lipinski definition) is 0. The van der Waals surface area contributed by atoms with Crippen LogP contribution in [0.1, 0.15) is 54.5 Å². The third-order valence-electron chi connectivity index (χ3n) is 8.43. The quantitative estimate of drug-likeness (QED) is 0.499. The van der Waals surface area contributed by atoms with Crippen molar-refractivity contribution < 1.29 is 13.2 Å². The summed E-state index contributed by atoms with van der Waals surface area (Å²) < 4.78 is 44.1. The molecule has 3 aromatic rings. The topological polar surface area (TPSA) is 63.0 Å². The fourth-order valence-electron chi connectivity index (χ4n) is 6.41. The largest absolute Gasteiger partial charge is 0.406 e. The van der Waals surface area contributed by atoms with E-state index in [4.69, 9.17) is 11.6 Å². The zero-order valence-electron chi connectivity index (χ0n) is 19.8. The van der Waals surface area contributed by atoms with E-state index in [2.05, 4.69) is 25.1 Å². The van der Waals surface area contributed by atoms with Gasteiger partial charge in [-0.2, -0.15) is 13.2 Å². The van der Waals surface area contributed by atoms with E-state index < -0.39 is 11.7 Å². The molecule has 3 fully saturated rings. The summed E-state index contributed by atoms with van der Waals surface area (Å²) in [7, 11) is 0. The fraction of sp³-hybridized carbons (Fsp3) is 0.520. The molecule has 1 spiro atoms. The maximum Gasteiger partial charge on any atom is 0.406 e. The Bertz CT molecular complexity index is 1350. The van der Waals surface area contributed by atoms with Gasteiger partial charge in [0.1, 0.15) is 11.4 Å². The highest BCUT2D eigenvalue weighted by atomic mass is 35.5. The van der Waals surface area contributed by atoms with Crippen LogP contribution in [0, 0.1) is 12.3 Å². The third kappa shape index (κ3) is 3.30. The second-order valence-electron chi connectivity index (χ2n) is 10.9. The molecule has 0 atom stereocenters. The minimum Gasteiger partial charge on any atom is -0.340 e. The Kier molecular flexibility index (Phi) is 4.63. The number of benzene rings is 1. The number of hydrogen-bond acceptors (Lipinski definition) is 6. The van der Waals surface area contributed by atoms with Gasteiger partial charge in [0.25, 0.3) is 0 Å². The van der Waals surface area contributed by atoms with Gasteiger partial charge < -0.3 is 4.90 Å². The van der Waals surface area contributed by atoms with Gasteiger partial charge in [0, 0.05) is 47.9 Å². The first-order valence-electron chi connectivity index (χ1n) is 12.3. The monoisotopic (exact) mass is 515 g/mol. The van der Waals surface area contributed by atoms with Gasteiger partial charge in [0.2, 0.25) is 5.95 Å². The van der Waals surface area contributed by atoms with Gasteiger partial charge in [-0.25, -0.2) is 9.97 Å². The van der Waals surface area contributed by atoms with Crippen molar-refractivity contribution in [2.45, 2.75) is 63.3 Å². The van der Waals surface area contributed by atoms with Crippen LogP contribution in [0.25, 0.3) is 5.69 Å². The van der Waals surface area contributed by atoms with Crippen LogP contribution in [0.3, 0.4) is 0 Å². The summed E-state index contributed by atoms with van der Waals surface area (Å²) in [5.41, 5.74) is 0.974. The lowest BCUT2D eigenvalue weighted by Gasteiger charge is -2.58. The molecule has 7 rings (SSSR count). The lowest BCUT2D eigenvalue weighted by atomic mass is 9.57. The molecule has 0 unspecified atom stereocenters. The van der Waals surface area contributed by atoms with Crippen LogP contribution in [0.4, 0.5) is 19.1 Å². The second-order valence-corrected chi connectivity index (χ2v) is 11.4. The number of aryl methyl sites for hydroxylation is 1. The lowest BCUT2D eigenvalue weighted by molar-refractivity contribution is -0.200. The van der Waals surface area contributed by atoms with Gasteiger partial charge in [-0.05, 0) is 62.4 Å². The SMILES string of the molecule is Cc1ccnc(N2CC3(CC(c4nnc5n4-c4ccc(Cl)cc4CN(C4(C(F)(F)F)CC4)C5)C3)C2)n1. The summed E-state index contributed by atoms with van der Waals surface area (Å²) in [5, 5.41) is 9.46. The minimum absolute atomic E-state index is 0.106. The van der Waals surface area contributed by atoms with Crippen molar-refractivity contribution >= 4 is 17.5 Å². The molecule has 7 nitrogen and oxygen atoms in total. The number of aromatic nitrogens is 5. The molecule has 11 heteroatoms. The van der Waals surface area contributed by atoms with Crippen LogP contribution < -0.4 is 4.90 Å². The van der Waals surface area contributed by atoms with Crippen LogP contribution >= 0.6 is 11.6 Å². The second kappa shape index (κ2) is 7.41. The first-order chi connectivity index (χ1) is 17.2. The number of fused-ring (bicyclic) bond motifs is 3. The molecule has 1 saturated heterocycles. The summed E-state index contributed by atoms with van der Waals surface area (Å²) in [6.45, 7) is 4.06. The van der Waals surface area contributed by atoms with E-state index in [1.807, 2.05) is 23.6 Å². The van der Waals surface area contributed by atoms with Crippen LogP contribution in [-0.2, 0) is 13.1 Å². The summed E-state index contributed by atoms with van der Waals surface area (Å²) in [5.74, 6) is 2.37. The molecule has 1 aromatic carbocycles. The van der Waals surface area contributed by atoms with E-state index in [0.717, 1.165) is 54.6 Å².